The maximum absolute atomic E-state index is 12.4. The maximum Gasteiger partial charge on any atom is 0.255 e. The van der Waals surface area contributed by atoms with Gasteiger partial charge in [-0.25, -0.2) is 4.98 Å². The van der Waals surface area contributed by atoms with Crippen LogP contribution in [0.3, 0.4) is 0 Å². The summed E-state index contributed by atoms with van der Waals surface area (Å²) in [5.41, 5.74) is 2.46. The van der Waals surface area contributed by atoms with Crippen LogP contribution >= 0.6 is 11.6 Å². The lowest BCUT2D eigenvalue weighted by Crippen LogP contribution is -2.47. The van der Waals surface area contributed by atoms with Gasteiger partial charge in [-0.2, -0.15) is 5.10 Å². The minimum atomic E-state index is -0.152. The summed E-state index contributed by atoms with van der Waals surface area (Å²) in [6.45, 7) is 3.35. The number of rotatable bonds is 7. The molecule has 2 aromatic heterocycles. The van der Waals surface area contributed by atoms with E-state index in [1.807, 2.05) is 42.5 Å². The molecule has 37 heavy (non-hydrogen) atoms. The number of piperazine rings is 1. The molecular formula is C28H29ClN6O2. The van der Waals surface area contributed by atoms with Crippen molar-refractivity contribution in [1.82, 2.24) is 20.1 Å². The van der Waals surface area contributed by atoms with Crippen LogP contribution in [0.25, 0.3) is 10.8 Å². The average Bonchev–Trinajstić information content (AvgIpc) is 2.94. The van der Waals surface area contributed by atoms with E-state index < -0.39 is 0 Å². The number of hydrogen-bond donors (Lipinski definition) is 1. The number of hydrogen-bond acceptors (Lipinski definition) is 7. The van der Waals surface area contributed by atoms with Crippen LogP contribution in [-0.4, -0.2) is 77.5 Å². The number of amides is 1. The van der Waals surface area contributed by atoms with Crippen LogP contribution in [0.5, 0.6) is 0 Å². The second-order valence-corrected chi connectivity index (χ2v) is 9.52. The predicted molar refractivity (Wildman–Crippen MR) is 147 cm³/mol. The molecule has 0 atom stereocenters. The number of nitrogens with zero attached hydrogens (tertiary/aromatic N) is 6. The number of carbonyl (C=O) groups excluding carboxylic acids is 1. The second-order valence-electron chi connectivity index (χ2n) is 9.11. The van der Waals surface area contributed by atoms with Crippen LogP contribution in [-0.2, 0) is 6.42 Å². The van der Waals surface area contributed by atoms with Gasteiger partial charge in [0, 0.05) is 68.2 Å². The van der Waals surface area contributed by atoms with E-state index in [9.17, 15) is 4.79 Å². The molecule has 5 rings (SSSR count). The van der Waals surface area contributed by atoms with Crippen molar-refractivity contribution in [3.8, 4) is 0 Å². The summed E-state index contributed by atoms with van der Waals surface area (Å²) in [4.78, 5) is 22.9. The van der Waals surface area contributed by atoms with Crippen LogP contribution in [0.4, 0.5) is 11.6 Å². The normalized spacial score (nSPS) is 13.7. The predicted octanol–water partition coefficient (Wildman–Crippen LogP) is 3.66. The van der Waals surface area contributed by atoms with Gasteiger partial charge >= 0.3 is 0 Å². The van der Waals surface area contributed by atoms with Gasteiger partial charge in [-0.05, 0) is 23.8 Å². The third-order valence-corrected chi connectivity index (χ3v) is 7.11. The van der Waals surface area contributed by atoms with Crippen LogP contribution < -0.4 is 9.80 Å². The molecular weight excluding hydrogens is 488 g/mol. The van der Waals surface area contributed by atoms with Crippen LogP contribution in [0.15, 0.2) is 66.9 Å². The Bertz CT molecular complexity index is 1390. The molecule has 0 aliphatic carbocycles. The Morgan fingerprint density at radius 3 is 2.35 bits per heavy atom. The number of pyridine rings is 1. The van der Waals surface area contributed by atoms with Crippen LogP contribution in [0.2, 0.25) is 5.02 Å². The van der Waals surface area contributed by atoms with E-state index in [4.69, 9.17) is 16.7 Å². The van der Waals surface area contributed by atoms with E-state index in [1.165, 1.54) is 4.90 Å². The summed E-state index contributed by atoms with van der Waals surface area (Å²) in [5, 5.41) is 21.2. The lowest BCUT2D eigenvalue weighted by atomic mass is 10.0. The molecule has 1 saturated heterocycles. The Labute approximate surface area is 221 Å². The van der Waals surface area contributed by atoms with Gasteiger partial charge in [0.2, 0.25) is 0 Å². The largest absolute Gasteiger partial charge is 0.395 e. The third kappa shape index (κ3) is 5.35. The Hall–Kier alpha value is -3.75. The van der Waals surface area contributed by atoms with Gasteiger partial charge in [-0.3, -0.25) is 4.79 Å². The fourth-order valence-electron chi connectivity index (χ4n) is 4.65. The van der Waals surface area contributed by atoms with Crippen LogP contribution in [0, 0.1) is 0 Å². The summed E-state index contributed by atoms with van der Waals surface area (Å²) in [6.07, 6.45) is 2.23. The first kappa shape index (κ1) is 24.9. The van der Waals surface area contributed by atoms with Crippen molar-refractivity contribution in [2.45, 2.75) is 6.42 Å². The molecule has 1 amide bonds. The number of benzene rings is 2. The fourth-order valence-corrected chi connectivity index (χ4v) is 4.85. The Kier molecular flexibility index (Phi) is 7.48. The first-order valence-electron chi connectivity index (χ1n) is 12.3. The summed E-state index contributed by atoms with van der Waals surface area (Å²) < 4.78 is 0. The highest BCUT2D eigenvalue weighted by Crippen LogP contribution is 2.29. The minimum absolute atomic E-state index is 0.0677. The molecule has 0 saturated carbocycles. The molecule has 1 N–H and O–H groups in total. The summed E-state index contributed by atoms with van der Waals surface area (Å²) in [6, 6.07) is 19.8. The average molecular weight is 517 g/mol. The molecule has 1 fully saturated rings. The zero-order chi connectivity index (χ0) is 25.8. The monoisotopic (exact) mass is 516 g/mol. The number of carbonyl (C=O) groups is 1. The van der Waals surface area contributed by atoms with E-state index in [-0.39, 0.29) is 12.5 Å². The number of fused-ring (bicyclic) bond motifs is 1. The molecule has 1 aliphatic rings. The van der Waals surface area contributed by atoms with E-state index in [2.05, 4.69) is 37.1 Å². The van der Waals surface area contributed by atoms with E-state index in [1.54, 1.807) is 19.3 Å². The smallest absolute Gasteiger partial charge is 0.255 e. The highest BCUT2D eigenvalue weighted by Gasteiger charge is 2.22. The van der Waals surface area contributed by atoms with Crippen molar-refractivity contribution in [3.05, 3.63) is 88.7 Å². The Morgan fingerprint density at radius 1 is 0.946 bits per heavy atom. The first-order valence-corrected chi connectivity index (χ1v) is 12.7. The number of halogens is 1. The standard InChI is InChI=1S/C28H29ClN6O2/c1-33(16-17-36)28(37)21-10-11-26(30-19-21)34-12-14-35(15-13-34)27-23-8-4-3-7-22(23)25(31-32-27)18-20-6-2-5-9-24(20)29/h2-11,19,36H,12-18H2,1H3. The number of aliphatic hydroxyl groups is 1. The van der Waals surface area contributed by atoms with Gasteiger partial charge in [0.15, 0.2) is 5.82 Å². The highest BCUT2D eigenvalue weighted by molar-refractivity contribution is 6.31. The topological polar surface area (TPSA) is 85.7 Å². The van der Waals surface area contributed by atoms with Crippen molar-refractivity contribution >= 4 is 39.9 Å². The van der Waals surface area contributed by atoms with Crippen molar-refractivity contribution in [3.63, 3.8) is 0 Å². The van der Waals surface area contributed by atoms with E-state index in [0.29, 0.717) is 18.5 Å². The third-order valence-electron chi connectivity index (χ3n) is 6.74. The second kappa shape index (κ2) is 11.1. The molecule has 3 heterocycles. The van der Waals surface area contributed by atoms with E-state index >= 15 is 0 Å². The lowest BCUT2D eigenvalue weighted by Gasteiger charge is -2.36. The Balaban J connectivity index is 1.30. The van der Waals surface area contributed by atoms with Crippen LogP contribution in [0.1, 0.15) is 21.6 Å². The molecule has 1 aliphatic heterocycles. The molecule has 0 unspecified atom stereocenters. The summed E-state index contributed by atoms with van der Waals surface area (Å²) in [7, 11) is 1.67. The van der Waals surface area contributed by atoms with Gasteiger partial charge in [-0.1, -0.05) is 54.1 Å². The number of anilines is 2. The SMILES string of the molecule is CN(CCO)C(=O)c1ccc(N2CCN(c3nnc(Cc4ccccc4Cl)c4ccccc34)CC2)nc1. The maximum atomic E-state index is 12.4. The fraction of sp³-hybridized carbons (Fsp3) is 0.286. The molecule has 0 radical (unpaired) electrons. The number of aromatic nitrogens is 3. The highest BCUT2D eigenvalue weighted by atomic mass is 35.5. The number of aliphatic hydroxyl groups excluding tert-OH is 1. The zero-order valence-electron chi connectivity index (χ0n) is 20.7. The van der Waals surface area contributed by atoms with Crippen molar-refractivity contribution in [1.29, 1.82) is 0 Å². The molecule has 0 bridgehead atoms. The van der Waals surface area contributed by atoms with Gasteiger partial charge < -0.3 is 19.8 Å². The van der Waals surface area contributed by atoms with Gasteiger partial charge in [0.25, 0.3) is 5.91 Å². The Morgan fingerprint density at radius 2 is 1.65 bits per heavy atom. The van der Waals surface area contributed by atoms with Crippen molar-refractivity contribution in [2.24, 2.45) is 0 Å². The number of likely N-dealkylation sites (N-methyl/N-ethyl adjacent to an activating group) is 1. The quantitative estimate of drug-likeness (QED) is 0.401. The van der Waals surface area contributed by atoms with Gasteiger partial charge in [0.05, 0.1) is 17.9 Å². The molecule has 9 heteroatoms. The van der Waals surface area contributed by atoms with Gasteiger partial charge in [-0.15, -0.1) is 5.10 Å². The molecule has 2 aromatic carbocycles. The summed E-state index contributed by atoms with van der Waals surface area (Å²) >= 11 is 6.40. The molecule has 8 nitrogen and oxygen atoms in total. The molecule has 190 valence electrons. The molecule has 0 spiro atoms. The van der Waals surface area contributed by atoms with Crippen molar-refractivity contribution in [2.75, 3.05) is 56.2 Å². The molecule has 4 aromatic rings. The minimum Gasteiger partial charge on any atom is -0.395 e. The lowest BCUT2D eigenvalue weighted by molar-refractivity contribution is 0.0766. The van der Waals surface area contributed by atoms with E-state index in [0.717, 1.165) is 64.9 Å². The first-order chi connectivity index (χ1) is 18.0. The summed E-state index contributed by atoms with van der Waals surface area (Å²) in [5.74, 6) is 1.58. The van der Waals surface area contributed by atoms with Crippen molar-refractivity contribution < 1.29 is 9.90 Å². The van der Waals surface area contributed by atoms with Gasteiger partial charge in [0.1, 0.15) is 5.82 Å². The zero-order valence-corrected chi connectivity index (χ0v) is 21.5.